The summed E-state index contributed by atoms with van der Waals surface area (Å²) >= 11 is 5.78. The predicted octanol–water partition coefficient (Wildman–Crippen LogP) is 3.79. The lowest BCUT2D eigenvalue weighted by atomic mass is 10.1. The van der Waals surface area contributed by atoms with Gasteiger partial charge in [-0.25, -0.2) is 9.78 Å². The lowest BCUT2D eigenvalue weighted by Crippen LogP contribution is -2.04. The monoisotopic (exact) mass is 276 g/mol. The Labute approximate surface area is 116 Å². The van der Waals surface area contributed by atoms with Crippen LogP contribution in [0.5, 0.6) is 0 Å². The second kappa shape index (κ2) is 5.28. The SMILES string of the molecule is Cc1cccc(Nc2ccc(Cl)c(C(=O)O)n2)c1C. The number of aromatic carboxylic acids is 1. The Bertz CT molecular complexity index is 641. The van der Waals surface area contributed by atoms with Crippen molar-refractivity contribution in [2.45, 2.75) is 13.8 Å². The summed E-state index contributed by atoms with van der Waals surface area (Å²) in [5.74, 6) is -0.690. The summed E-state index contributed by atoms with van der Waals surface area (Å²) in [7, 11) is 0. The highest BCUT2D eigenvalue weighted by molar-refractivity contribution is 6.33. The van der Waals surface area contributed by atoms with E-state index in [-0.39, 0.29) is 10.7 Å². The molecule has 19 heavy (non-hydrogen) atoms. The number of aryl methyl sites for hydroxylation is 1. The number of carbonyl (C=O) groups is 1. The molecule has 0 spiro atoms. The Morgan fingerprint density at radius 3 is 2.68 bits per heavy atom. The van der Waals surface area contributed by atoms with Crippen molar-refractivity contribution in [2.75, 3.05) is 5.32 Å². The lowest BCUT2D eigenvalue weighted by Gasteiger charge is -2.11. The highest BCUT2D eigenvalue weighted by Crippen LogP contribution is 2.23. The number of carboxylic acids is 1. The van der Waals surface area contributed by atoms with Crippen LogP contribution in [0.15, 0.2) is 30.3 Å². The number of carboxylic acid groups (broad SMARTS) is 1. The van der Waals surface area contributed by atoms with Gasteiger partial charge in [0.2, 0.25) is 0 Å². The van der Waals surface area contributed by atoms with Gasteiger partial charge in [-0.05, 0) is 43.2 Å². The second-order valence-electron chi connectivity index (χ2n) is 4.20. The molecule has 0 saturated heterocycles. The molecular formula is C14H13ClN2O2. The smallest absolute Gasteiger partial charge is 0.356 e. The zero-order valence-electron chi connectivity index (χ0n) is 10.6. The fourth-order valence-corrected chi connectivity index (χ4v) is 1.87. The number of halogens is 1. The number of benzene rings is 1. The molecule has 2 rings (SSSR count). The molecule has 0 unspecified atom stereocenters. The third-order valence-corrected chi connectivity index (χ3v) is 3.22. The van der Waals surface area contributed by atoms with Crippen LogP contribution in [0, 0.1) is 13.8 Å². The largest absolute Gasteiger partial charge is 0.476 e. The van der Waals surface area contributed by atoms with E-state index in [4.69, 9.17) is 16.7 Å². The Morgan fingerprint density at radius 2 is 2.00 bits per heavy atom. The Morgan fingerprint density at radius 1 is 1.26 bits per heavy atom. The van der Waals surface area contributed by atoms with Gasteiger partial charge in [0.05, 0.1) is 5.02 Å². The molecule has 0 fully saturated rings. The van der Waals surface area contributed by atoms with Crippen molar-refractivity contribution < 1.29 is 9.90 Å². The van der Waals surface area contributed by atoms with Gasteiger partial charge in [-0.1, -0.05) is 23.7 Å². The van der Waals surface area contributed by atoms with E-state index < -0.39 is 5.97 Å². The number of anilines is 2. The quantitative estimate of drug-likeness (QED) is 0.895. The topological polar surface area (TPSA) is 62.2 Å². The maximum absolute atomic E-state index is 11.0. The Balaban J connectivity index is 2.36. The summed E-state index contributed by atoms with van der Waals surface area (Å²) in [4.78, 5) is 15.0. The maximum Gasteiger partial charge on any atom is 0.356 e. The van der Waals surface area contributed by atoms with E-state index >= 15 is 0 Å². The number of nitrogens with zero attached hydrogens (tertiary/aromatic N) is 1. The molecule has 0 aliphatic rings. The maximum atomic E-state index is 11.0. The van der Waals surface area contributed by atoms with Crippen LogP contribution >= 0.6 is 11.6 Å². The molecule has 0 saturated carbocycles. The molecule has 0 bridgehead atoms. The fraction of sp³-hybridized carbons (Fsp3) is 0.143. The molecule has 0 aliphatic carbocycles. The van der Waals surface area contributed by atoms with E-state index in [1.165, 1.54) is 6.07 Å². The summed E-state index contributed by atoms with van der Waals surface area (Å²) in [6.07, 6.45) is 0. The van der Waals surface area contributed by atoms with E-state index in [2.05, 4.69) is 10.3 Å². The third-order valence-electron chi connectivity index (χ3n) is 2.92. The average Bonchev–Trinajstić information content (AvgIpc) is 2.37. The van der Waals surface area contributed by atoms with Crippen LogP contribution in [0.2, 0.25) is 5.02 Å². The summed E-state index contributed by atoms with van der Waals surface area (Å²) in [5.41, 5.74) is 2.98. The molecule has 2 aromatic rings. The number of aromatic nitrogens is 1. The van der Waals surface area contributed by atoms with Gasteiger partial charge in [0.25, 0.3) is 0 Å². The summed E-state index contributed by atoms with van der Waals surface area (Å²) in [6, 6.07) is 9.03. The number of hydrogen-bond donors (Lipinski definition) is 2. The Hall–Kier alpha value is -2.07. The van der Waals surface area contributed by atoms with E-state index in [0.717, 1.165) is 16.8 Å². The fourth-order valence-electron chi connectivity index (χ4n) is 1.69. The summed E-state index contributed by atoms with van der Waals surface area (Å²) < 4.78 is 0. The van der Waals surface area contributed by atoms with Crippen LogP contribution in [-0.4, -0.2) is 16.1 Å². The number of hydrogen-bond acceptors (Lipinski definition) is 3. The third kappa shape index (κ3) is 2.85. The first kappa shape index (κ1) is 13.4. The minimum Gasteiger partial charge on any atom is -0.476 e. The van der Waals surface area contributed by atoms with E-state index in [0.29, 0.717) is 5.82 Å². The van der Waals surface area contributed by atoms with Gasteiger partial charge in [0.1, 0.15) is 5.82 Å². The van der Waals surface area contributed by atoms with Gasteiger partial charge in [-0.15, -0.1) is 0 Å². The van der Waals surface area contributed by atoms with Crippen LogP contribution in [0.25, 0.3) is 0 Å². The van der Waals surface area contributed by atoms with E-state index in [9.17, 15) is 4.79 Å². The van der Waals surface area contributed by atoms with Crippen molar-refractivity contribution in [1.29, 1.82) is 0 Å². The van der Waals surface area contributed by atoms with Crippen molar-refractivity contribution in [1.82, 2.24) is 4.98 Å². The van der Waals surface area contributed by atoms with Gasteiger partial charge in [0.15, 0.2) is 5.69 Å². The van der Waals surface area contributed by atoms with E-state index in [1.807, 2.05) is 32.0 Å². The molecule has 0 atom stereocenters. The van der Waals surface area contributed by atoms with Crippen molar-refractivity contribution in [3.05, 3.63) is 52.2 Å². The highest BCUT2D eigenvalue weighted by Gasteiger charge is 2.12. The molecule has 1 aromatic heterocycles. The number of nitrogens with one attached hydrogen (secondary N) is 1. The molecule has 2 N–H and O–H groups in total. The lowest BCUT2D eigenvalue weighted by molar-refractivity contribution is 0.0691. The Kier molecular flexibility index (Phi) is 3.71. The second-order valence-corrected chi connectivity index (χ2v) is 4.61. The van der Waals surface area contributed by atoms with Gasteiger partial charge in [-0.2, -0.15) is 0 Å². The molecule has 4 nitrogen and oxygen atoms in total. The summed E-state index contributed by atoms with van der Waals surface area (Å²) in [5, 5.41) is 12.2. The summed E-state index contributed by atoms with van der Waals surface area (Å²) in [6.45, 7) is 4.00. The molecule has 0 radical (unpaired) electrons. The molecule has 0 aliphatic heterocycles. The van der Waals surface area contributed by atoms with Gasteiger partial charge in [0, 0.05) is 5.69 Å². The zero-order chi connectivity index (χ0) is 14.0. The van der Waals surface area contributed by atoms with Crippen LogP contribution < -0.4 is 5.32 Å². The van der Waals surface area contributed by atoms with Crippen LogP contribution in [0.4, 0.5) is 11.5 Å². The van der Waals surface area contributed by atoms with Crippen molar-refractivity contribution >= 4 is 29.1 Å². The first-order valence-electron chi connectivity index (χ1n) is 5.72. The molecule has 0 amide bonds. The molecule has 1 heterocycles. The highest BCUT2D eigenvalue weighted by atomic mass is 35.5. The molecule has 1 aromatic carbocycles. The van der Waals surface area contributed by atoms with Crippen molar-refractivity contribution in [3.63, 3.8) is 0 Å². The van der Waals surface area contributed by atoms with Gasteiger partial charge in [-0.3, -0.25) is 0 Å². The van der Waals surface area contributed by atoms with Crippen LogP contribution in [-0.2, 0) is 0 Å². The first-order chi connectivity index (χ1) is 8.99. The first-order valence-corrected chi connectivity index (χ1v) is 6.10. The predicted molar refractivity (Wildman–Crippen MR) is 75.4 cm³/mol. The van der Waals surface area contributed by atoms with Crippen LogP contribution in [0.1, 0.15) is 21.6 Å². The molecular weight excluding hydrogens is 264 g/mol. The number of rotatable bonds is 3. The minimum atomic E-state index is -1.14. The van der Waals surface area contributed by atoms with Crippen molar-refractivity contribution in [2.24, 2.45) is 0 Å². The van der Waals surface area contributed by atoms with Gasteiger partial charge < -0.3 is 10.4 Å². The van der Waals surface area contributed by atoms with E-state index in [1.54, 1.807) is 6.07 Å². The zero-order valence-corrected chi connectivity index (χ0v) is 11.3. The van der Waals surface area contributed by atoms with Crippen molar-refractivity contribution in [3.8, 4) is 0 Å². The normalized spacial score (nSPS) is 10.3. The average molecular weight is 277 g/mol. The van der Waals surface area contributed by atoms with Crippen LogP contribution in [0.3, 0.4) is 0 Å². The number of pyridine rings is 1. The standard InChI is InChI=1S/C14H13ClN2O2/c1-8-4-3-5-11(9(8)2)16-12-7-6-10(15)13(17-12)14(18)19/h3-7H,1-2H3,(H,16,17)(H,18,19). The molecule has 5 heteroatoms. The van der Waals surface area contributed by atoms with Gasteiger partial charge >= 0.3 is 5.97 Å². The minimum absolute atomic E-state index is 0.124. The molecule has 98 valence electrons.